The second-order valence-corrected chi connectivity index (χ2v) is 2.79. The summed E-state index contributed by atoms with van der Waals surface area (Å²) in [6.07, 6.45) is 3.25. The molecular formula is C8H15NO3. The van der Waals surface area contributed by atoms with Crippen LogP contribution >= 0.6 is 0 Å². The fourth-order valence-corrected chi connectivity index (χ4v) is 1.01. The van der Waals surface area contributed by atoms with E-state index >= 15 is 0 Å². The molecule has 1 saturated heterocycles. The molecular weight excluding hydrogens is 158 g/mol. The number of nitrogens with one attached hydrogen (secondary N) is 1. The Balaban J connectivity index is 2.09. The molecule has 0 spiro atoms. The molecule has 1 aliphatic rings. The summed E-state index contributed by atoms with van der Waals surface area (Å²) >= 11 is 0. The van der Waals surface area contributed by atoms with Crippen molar-refractivity contribution in [1.29, 1.82) is 0 Å². The van der Waals surface area contributed by atoms with Gasteiger partial charge in [0.05, 0.1) is 0 Å². The van der Waals surface area contributed by atoms with Gasteiger partial charge in [-0.1, -0.05) is 6.92 Å². The molecule has 0 bridgehead atoms. The highest BCUT2D eigenvalue weighted by Gasteiger charge is 2.14. The number of amides is 1. The van der Waals surface area contributed by atoms with Crippen LogP contribution in [-0.4, -0.2) is 18.8 Å². The van der Waals surface area contributed by atoms with Gasteiger partial charge >= 0.3 is 0 Å². The van der Waals surface area contributed by atoms with E-state index < -0.39 is 0 Å². The smallest absolute Gasteiger partial charge is 0.243 e. The van der Waals surface area contributed by atoms with Crippen LogP contribution in [-0.2, 0) is 14.4 Å². The second-order valence-electron chi connectivity index (χ2n) is 2.79. The third-order valence-electron chi connectivity index (χ3n) is 1.76. The zero-order valence-corrected chi connectivity index (χ0v) is 7.34. The van der Waals surface area contributed by atoms with Crippen molar-refractivity contribution in [2.45, 2.75) is 38.9 Å². The molecule has 0 aromatic rings. The number of hydrogen-bond acceptors (Lipinski definition) is 3. The second kappa shape index (κ2) is 5.11. The average molecular weight is 173 g/mol. The first-order chi connectivity index (χ1) is 5.83. The molecule has 12 heavy (non-hydrogen) atoms. The molecule has 1 unspecified atom stereocenters. The lowest BCUT2D eigenvalue weighted by Gasteiger charge is -2.21. The van der Waals surface area contributed by atoms with E-state index in [1.807, 2.05) is 0 Å². The minimum atomic E-state index is -0.241. The lowest BCUT2D eigenvalue weighted by molar-refractivity contribution is -0.200. The zero-order valence-electron chi connectivity index (χ0n) is 7.34. The van der Waals surface area contributed by atoms with E-state index in [0.717, 1.165) is 25.9 Å². The minimum Gasteiger partial charge on any atom is -0.350 e. The van der Waals surface area contributed by atoms with Crippen LogP contribution in [0.2, 0.25) is 0 Å². The molecule has 70 valence electrons. The normalized spacial score (nSPS) is 23.6. The maximum absolute atomic E-state index is 10.8. The Bertz CT molecular complexity index is 143. The van der Waals surface area contributed by atoms with Gasteiger partial charge in [-0.15, -0.1) is 0 Å². The average Bonchev–Trinajstić information content (AvgIpc) is 2.16. The highest BCUT2D eigenvalue weighted by Crippen LogP contribution is 2.12. The minimum absolute atomic E-state index is 0.107. The maximum atomic E-state index is 10.8. The Hall–Kier alpha value is -0.610. The van der Waals surface area contributed by atoms with Crippen molar-refractivity contribution in [3.63, 3.8) is 0 Å². The van der Waals surface area contributed by atoms with Crippen LogP contribution in [0.1, 0.15) is 32.6 Å². The summed E-state index contributed by atoms with van der Waals surface area (Å²) in [5.74, 6) is -0.107. The van der Waals surface area contributed by atoms with Gasteiger partial charge in [-0.25, -0.2) is 10.3 Å². The number of ether oxygens (including phenoxy) is 1. The highest BCUT2D eigenvalue weighted by molar-refractivity contribution is 5.74. The third-order valence-corrected chi connectivity index (χ3v) is 1.76. The molecule has 4 heteroatoms. The Labute approximate surface area is 72.2 Å². The predicted octanol–water partition coefficient (Wildman–Crippen LogP) is 0.971. The molecule has 4 nitrogen and oxygen atoms in total. The van der Waals surface area contributed by atoms with Crippen LogP contribution in [0.4, 0.5) is 0 Å². The van der Waals surface area contributed by atoms with Crippen molar-refractivity contribution in [3.8, 4) is 0 Å². The molecule has 0 radical (unpaired) electrons. The lowest BCUT2D eigenvalue weighted by Crippen LogP contribution is -2.32. The van der Waals surface area contributed by atoms with Crippen molar-refractivity contribution < 1.29 is 14.4 Å². The van der Waals surface area contributed by atoms with Crippen LogP contribution < -0.4 is 5.48 Å². The number of hydroxylamine groups is 1. The van der Waals surface area contributed by atoms with Crippen LogP contribution in [0.15, 0.2) is 0 Å². The van der Waals surface area contributed by atoms with Gasteiger partial charge in [0.25, 0.3) is 0 Å². The standard InChI is InChI=1S/C8H15NO3/c1-2-7(10)9-12-8-5-3-4-6-11-8/h8H,2-6H2,1H3,(H,9,10). The van der Waals surface area contributed by atoms with Crippen LogP contribution in [0.25, 0.3) is 0 Å². The largest absolute Gasteiger partial charge is 0.350 e. The SMILES string of the molecule is CCC(=O)NOC1CCCCO1. The summed E-state index contributed by atoms with van der Waals surface area (Å²) in [5.41, 5.74) is 2.34. The summed E-state index contributed by atoms with van der Waals surface area (Å²) in [5, 5.41) is 0. The first-order valence-corrected chi connectivity index (χ1v) is 4.39. The summed E-state index contributed by atoms with van der Waals surface area (Å²) in [7, 11) is 0. The topological polar surface area (TPSA) is 47.6 Å². The van der Waals surface area contributed by atoms with E-state index in [-0.39, 0.29) is 12.2 Å². The lowest BCUT2D eigenvalue weighted by atomic mass is 10.2. The monoisotopic (exact) mass is 173 g/mol. The number of carbonyl (C=O) groups is 1. The van der Waals surface area contributed by atoms with Crippen molar-refractivity contribution in [3.05, 3.63) is 0 Å². The zero-order chi connectivity index (χ0) is 8.81. The molecule has 0 aromatic carbocycles. The molecule has 1 N–H and O–H groups in total. The summed E-state index contributed by atoms with van der Waals surface area (Å²) < 4.78 is 5.24. The Morgan fingerprint density at radius 3 is 3.08 bits per heavy atom. The van der Waals surface area contributed by atoms with Gasteiger partial charge in [0.2, 0.25) is 5.91 Å². The van der Waals surface area contributed by atoms with Crippen molar-refractivity contribution >= 4 is 5.91 Å². The van der Waals surface area contributed by atoms with Gasteiger partial charge in [0, 0.05) is 19.4 Å². The molecule has 0 saturated carbocycles. The van der Waals surface area contributed by atoms with Crippen LogP contribution in [0.5, 0.6) is 0 Å². The number of rotatable bonds is 3. The Morgan fingerprint density at radius 1 is 1.67 bits per heavy atom. The van der Waals surface area contributed by atoms with Gasteiger partial charge in [-0.05, 0) is 12.8 Å². The fraction of sp³-hybridized carbons (Fsp3) is 0.875. The van der Waals surface area contributed by atoms with E-state index in [1.165, 1.54) is 0 Å². The van der Waals surface area contributed by atoms with E-state index in [4.69, 9.17) is 9.57 Å². The molecule has 0 aromatic heterocycles. The first kappa shape index (κ1) is 9.48. The Morgan fingerprint density at radius 2 is 2.50 bits per heavy atom. The van der Waals surface area contributed by atoms with Gasteiger partial charge in [0.15, 0.2) is 6.29 Å². The maximum Gasteiger partial charge on any atom is 0.243 e. The quantitative estimate of drug-likeness (QED) is 0.647. The fourth-order valence-electron chi connectivity index (χ4n) is 1.01. The molecule has 1 atom stereocenters. The first-order valence-electron chi connectivity index (χ1n) is 4.39. The predicted molar refractivity (Wildman–Crippen MR) is 43.1 cm³/mol. The number of carbonyl (C=O) groups excluding carboxylic acids is 1. The summed E-state index contributed by atoms with van der Waals surface area (Å²) in [6, 6.07) is 0. The van der Waals surface area contributed by atoms with Gasteiger partial charge < -0.3 is 4.74 Å². The van der Waals surface area contributed by atoms with E-state index in [2.05, 4.69) is 5.48 Å². The van der Waals surface area contributed by atoms with Gasteiger partial charge in [0.1, 0.15) is 0 Å². The van der Waals surface area contributed by atoms with Crippen molar-refractivity contribution in [2.75, 3.05) is 6.61 Å². The van der Waals surface area contributed by atoms with E-state index in [0.29, 0.717) is 6.42 Å². The molecule has 1 fully saturated rings. The van der Waals surface area contributed by atoms with Crippen molar-refractivity contribution in [1.82, 2.24) is 5.48 Å². The summed E-state index contributed by atoms with van der Waals surface area (Å²) in [4.78, 5) is 15.8. The molecule has 1 rings (SSSR count). The molecule has 0 aliphatic carbocycles. The van der Waals surface area contributed by atoms with Crippen LogP contribution in [0.3, 0.4) is 0 Å². The molecule has 1 aliphatic heterocycles. The van der Waals surface area contributed by atoms with E-state index in [1.54, 1.807) is 6.92 Å². The van der Waals surface area contributed by atoms with E-state index in [9.17, 15) is 4.79 Å². The summed E-state index contributed by atoms with van der Waals surface area (Å²) in [6.45, 7) is 2.51. The Kier molecular flexibility index (Phi) is 4.04. The molecule has 1 heterocycles. The van der Waals surface area contributed by atoms with Crippen LogP contribution in [0, 0.1) is 0 Å². The van der Waals surface area contributed by atoms with Gasteiger partial charge in [-0.2, -0.15) is 0 Å². The van der Waals surface area contributed by atoms with Gasteiger partial charge in [-0.3, -0.25) is 4.79 Å². The third kappa shape index (κ3) is 3.19. The number of hydrogen-bond donors (Lipinski definition) is 1. The van der Waals surface area contributed by atoms with Crippen molar-refractivity contribution in [2.24, 2.45) is 0 Å². The molecule has 1 amide bonds. The highest BCUT2D eigenvalue weighted by atomic mass is 16.8.